The van der Waals surface area contributed by atoms with Gasteiger partial charge < -0.3 is 10.5 Å². The molecule has 1 saturated carbocycles. The molecule has 0 radical (unpaired) electrons. The summed E-state index contributed by atoms with van der Waals surface area (Å²) in [5.74, 6) is 1.55. The first-order valence-corrected chi connectivity index (χ1v) is 5.64. The Morgan fingerprint density at radius 2 is 2.21 bits per heavy atom. The van der Waals surface area contributed by atoms with E-state index in [0.29, 0.717) is 0 Å². The summed E-state index contributed by atoms with van der Waals surface area (Å²) in [6, 6.07) is 3.96. The van der Waals surface area contributed by atoms with Gasteiger partial charge in [0.1, 0.15) is 0 Å². The lowest BCUT2D eigenvalue weighted by atomic mass is 10.2. The Kier molecular flexibility index (Phi) is 2.68. The molecular weight excluding hydrogens is 242 g/mol. The first kappa shape index (κ1) is 9.84. The molecule has 14 heavy (non-hydrogen) atoms. The SMILES string of the molecule is Cc1cc(N)c(OCC2CC2)c(Br)c1. The lowest BCUT2D eigenvalue weighted by molar-refractivity contribution is 0.299. The van der Waals surface area contributed by atoms with Crippen LogP contribution in [0.25, 0.3) is 0 Å². The van der Waals surface area contributed by atoms with Crippen LogP contribution in [0.15, 0.2) is 16.6 Å². The van der Waals surface area contributed by atoms with E-state index >= 15 is 0 Å². The summed E-state index contributed by atoms with van der Waals surface area (Å²) in [7, 11) is 0. The van der Waals surface area contributed by atoms with Gasteiger partial charge in [-0.2, -0.15) is 0 Å². The van der Waals surface area contributed by atoms with Crippen LogP contribution in [0.1, 0.15) is 18.4 Å². The molecule has 0 bridgehead atoms. The maximum atomic E-state index is 5.87. The summed E-state index contributed by atoms with van der Waals surface area (Å²) in [6.45, 7) is 2.82. The molecule has 1 aliphatic rings. The fraction of sp³-hybridized carbons (Fsp3) is 0.455. The number of hydrogen-bond donors (Lipinski definition) is 1. The van der Waals surface area contributed by atoms with Gasteiger partial charge >= 0.3 is 0 Å². The minimum absolute atomic E-state index is 0.720. The molecule has 0 saturated heterocycles. The molecule has 0 aliphatic heterocycles. The summed E-state index contributed by atoms with van der Waals surface area (Å²) in [5.41, 5.74) is 7.74. The van der Waals surface area contributed by atoms with Gasteiger partial charge in [-0.1, -0.05) is 0 Å². The van der Waals surface area contributed by atoms with Crippen LogP contribution in [0.5, 0.6) is 5.75 Å². The Balaban J connectivity index is 2.13. The van der Waals surface area contributed by atoms with Crippen molar-refractivity contribution < 1.29 is 4.74 Å². The molecule has 1 aromatic carbocycles. The molecule has 0 unspecified atom stereocenters. The second kappa shape index (κ2) is 3.81. The van der Waals surface area contributed by atoms with E-state index in [0.717, 1.165) is 34.0 Å². The van der Waals surface area contributed by atoms with E-state index in [9.17, 15) is 0 Å². The highest BCUT2D eigenvalue weighted by atomic mass is 79.9. The zero-order chi connectivity index (χ0) is 10.1. The summed E-state index contributed by atoms with van der Waals surface area (Å²) in [6.07, 6.45) is 2.59. The van der Waals surface area contributed by atoms with Crippen molar-refractivity contribution in [2.24, 2.45) is 5.92 Å². The van der Waals surface area contributed by atoms with Gasteiger partial charge in [0, 0.05) is 0 Å². The van der Waals surface area contributed by atoms with E-state index in [1.165, 1.54) is 12.8 Å². The number of ether oxygens (including phenoxy) is 1. The van der Waals surface area contributed by atoms with Gasteiger partial charge in [-0.15, -0.1) is 0 Å². The van der Waals surface area contributed by atoms with Gasteiger partial charge in [0.15, 0.2) is 5.75 Å². The molecule has 76 valence electrons. The fourth-order valence-electron chi connectivity index (χ4n) is 1.39. The molecule has 0 spiro atoms. The maximum Gasteiger partial charge on any atom is 0.156 e. The van der Waals surface area contributed by atoms with Crippen LogP contribution in [-0.2, 0) is 0 Å². The van der Waals surface area contributed by atoms with Crippen molar-refractivity contribution in [2.45, 2.75) is 19.8 Å². The van der Waals surface area contributed by atoms with Gasteiger partial charge in [0.05, 0.1) is 16.8 Å². The number of aryl methyl sites for hydroxylation is 1. The first-order chi connectivity index (χ1) is 6.66. The van der Waals surface area contributed by atoms with Crippen molar-refractivity contribution in [1.82, 2.24) is 0 Å². The fourth-order valence-corrected chi connectivity index (χ4v) is 2.10. The van der Waals surface area contributed by atoms with E-state index < -0.39 is 0 Å². The average molecular weight is 256 g/mol. The molecule has 2 rings (SSSR count). The highest BCUT2D eigenvalue weighted by Gasteiger charge is 2.22. The van der Waals surface area contributed by atoms with Crippen LogP contribution in [0, 0.1) is 12.8 Å². The molecule has 1 aromatic rings. The Bertz CT molecular complexity index is 324. The quantitative estimate of drug-likeness (QED) is 0.843. The molecule has 3 heteroatoms. The van der Waals surface area contributed by atoms with E-state index in [2.05, 4.69) is 15.9 Å². The smallest absolute Gasteiger partial charge is 0.156 e. The topological polar surface area (TPSA) is 35.2 Å². The molecular formula is C11H14BrNO. The Morgan fingerprint density at radius 1 is 1.50 bits per heavy atom. The lowest BCUT2D eigenvalue weighted by Gasteiger charge is -2.11. The number of nitrogens with two attached hydrogens (primary N) is 1. The van der Waals surface area contributed by atoms with Crippen LogP contribution in [0.4, 0.5) is 5.69 Å². The van der Waals surface area contributed by atoms with Crippen molar-refractivity contribution in [3.63, 3.8) is 0 Å². The molecule has 0 heterocycles. The first-order valence-electron chi connectivity index (χ1n) is 4.85. The van der Waals surface area contributed by atoms with Crippen LogP contribution >= 0.6 is 15.9 Å². The Labute approximate surface area is 92.6 Å². The second-order valence-electron chi connectivity index (χ2n) is 3.92. The third-order valence-electron chi connectivity index (χ3n) is 2.38. The summed E-state index contributed by atoms with van der Waals surface area (Å²) in [4.78, 5) is 0. The van der Waals surface area contributed by atoms with Crippen LogP contribution in [-0.4, -0.2) is 6.61 Å². The molecule has 0 aromatic heterocycles. The summed E-state index contributed by atoms with van der Waals surface area (Å²) in [5, 5.41) is 0. The van der Waals surface area contributed by atoms with Crippen molar-refractivity contribution in [3.8, 4) is 5.75 Å². The number of anilines is 1. The zero-order valence-electron chi connectivity index (χ0n) is 8.22. The number of rotatable bonds is 3. The highest BCUT2D eigenvalue weighted by Crippen LogP contribution is 2.35. The molecule has 2 N–H and O–H groups in total. The highest BCUT2D eigenvalue weighted by molar-refractivity contribution is 9.10. The normalized spacial score (nSPS) is 15.6. The lowest BCUT2D eigenvalue weighted by Crippen LogP contribution is -2.02. The number of benzene rings is 1. The maximum absolute atomic E-state index is 5.87. The Hall–Kier alpha value is -0.700. The predicted octanol–water partition coefficient (Wildman–Crippen LogP) is 3.13. The van der Waals surface area contributed by atoms with Gasteiger partial charge in [-0.25, -0.2) is 0 Å². The third-order valence-corrected chi connectivity index (χ3v) is 2.97. The average Bonchev–Trinajstić information content (AvgIpc) is 2.85. The van der Waals surface area contributed by atoms with Crippen molar-refractivity contribution in [2.75, 3.05) is 12.3 Å². The second-order valence-corrected chi connectivity index (χ2v) is 4.77. The molecule has 0 amide bonds. The minimum atomic E-state index is 0.720. The molecule has 1 fully saturated rings. The van der Waals surface area contributed by atoms with E-state index in [1.807, 2.05) is 19.1 Å². The number of nitrogen functional groups attached to an aromatic ring is 1. The van der Waals surface area contributed by atoms with E-state index in [4.69, 9.17) is 10.5 Å². The number of hydrogen-bond acceptors (Lipinski definition) is 2. The summed E-state index contributed by atoms with van der Waals surface area (Å²) >= 11 is 3.46. The number of halogens is 1. The standard InChI is InChI=1S/C11H14BrNO/c1-7-4-9(12)11(10(13)5-7)14-6-8-2-3-8/h4-5,8H,2-3,6,13H2,1H3. The third kappa shape index (κ3) is 2.21. The zero-order valence-corrected chi connectivity index (χ0v) is 9.80. The van der Waals surface area contributed by atoms with E-state index in [1.54, 1.807) is 0 Å². The minimum Gasteiger partial charge on any atom is -0.490 e. The van der Waals surface area contributed by atoms with Crippen molar-refractivity contribution >= 4 is 21.6 Å². The monoisotopic (exact) mass is 255 g/mol. The predicted molar refractivity (Wildman–Crippen MR) is 61.5 cm³/mol. The molecule has 0 atom stereocenters. The van der Waals surface area contributed by atoms with Crippen LogP contribution in [0.2, 0.25) is 0 Å². The van der Waals surface area contributed by atoms with Crippen molar-refractivity contribution in [1.29, 1.82) is 0 Å². The van der Waals surface area contributed by atoms with Gasteiger partial charge in [0.2, 0.25) is 0 Å². The van der Waals surface area contributed by atoms with E-state index in [-0.39, 0.29) is 0 Å². The molecule has 1 aliphatic carbocycles. The van der Waals surface area contributed by atoms with Gasteiger partial charge in [-0.05, 0) is 59.3 Å². The van der Waals surface area contributed by atoms with Gasteiger partial charge in [-0.3, -0.25) is 0 Å². The Morgan fingerprint density at radius 3 is 2.79 bits per heavy atom. The van der Waals surface area contributed by atoms with Crippen LogP contribution in [0.3, 0.4) is 0 Å². The van der Waals surface area contributed by atoms with Crippen molar-refractivity contribution in [3.05, 3.63) is 22.2 Å². The van der Waals surface area contributed by atoms with Gasteiger partial charge in [0.25, 0.3) is 0 Å². The molecule has 2 nitrogen and oxygen atoms in total. The van der Waals surface area contributed by atoms with Crippen LogP contribution < -0.4 is 10.5 Å². The summed E-state index contributed by atoms with van der Waals surface area (Å²) < 4.78 is 6.63. The largest absolute Gasteiger partial charge is 0.490 e.